The molecule has 1 aliphatic heterocycles. The Kier molecular flexibility index (Phi) is 2.97. The molecular formula is C10H13N5O2. The van der Waals surface area contributed by atoms with Gasteiger partial charge in [-0.3, -0.25) is 9.48 Å². The van der Waals surface area contributed by atoms with Crippen LogP contribution in [0.15, 0.2) is 6.20 Å². The molecule has 0 saturated carbocycles. The van der Waals surface area contributed by atoms with Crippen LogP contribution in [0.5, 0.6) is 0 Å². The van der Waals surface area contributed by atoms with Gasteiger partial charge in [0.15, 0.2) is 5.82 Å². The third kappa shape index (κ3) is 2.07. The van der Waals surface area contributed by atoms with Crippen molar-refractivity contribution in [3.8, 4) is 6.07 Å². The van der Waals surface area contributed by atoms with Crippen molar-refractivity contribution >= 4 is 11.7 Å². The number of nitrogens with two attached hydrogens (primary N) is 2. The molecule has 1 aromatic rings. The van der Waals surface area contributed by atoms with Gasteiger partial charge >= 0.3 is 0 Å². The fourth-order valence-electron chi connectivity index (χ4n) is 1.90. The Balaban J connectivity index is 2.30. The molecule has 7 nitrogen and oxygen atoms in total. The number of anilines is 1. The fraction of sp³-hybridized carbons (Fsp3) is 0.500. The first kappa shape index (κ1) is 11.4. The third-order valence-electron chi connectivity index (χ3n) is 2.86. The number of nitriles is 1. The minimum Gasteiger partial charge on any atom is -0.382 e. The lowest BCUT2D eigenvalue weighted by Gasteiger charge is -2.26. The highest BCUT2D eigenvalue weighted by Crippen LogP contribution is 2.26. The van der Waals surface area contributed by atoms with Crippen LogP contribution in [-0.4, -0.2) is 28.9 Å². The topological polar surface area (TPSA) is 120 Å². The van der Waals surface area contributed by atoms with E-state index in [4.69, 9.17) is 21.5 Å². The first-order valence-corrected chi connectivity index (χ1v) is 5.25. The number of primary amides is 1. The van der Waals surface area contributed by atoms with E-state index in [0.29, 0.717) is 19.6 Å². The molecule has 17 heavy (non-hydrogen) atoms. The Morgan fingerprint density at radius 1 is 1.71 bits per heavy atom. The van der Waals surface area contributed by atoms with Gasteiger partial charge in [-0.1, -0.05) is 0 Å². The molecule has 1 amide bonds. The number of nitrogens with zero attached hydrogens (tertiary/aromatic N) is 3. The van der Waals surface area contributed by atoms with Crippen molar-refractivity contribution < 1.29 is 9.53 Å². The maximum absolute atomic E-state index is 11.1. The zero-order valence-electron chi connectivity index (χ0n) is 9.17. The van der Waals surface area contributed by atoms with Gasteiger partial charge in [0.1, 0.15) is 5.56 Å². The molecule has 0 aliphatic carbocycles. The number of ether oxygens (including phenoxy) is 1. The van der Waals surface area contributed by atoms with Crippen LogP contribution in [0.4, 0.5) is 5.82 Å². The molecule has 0 spiro atoms. The lowest BCUT2D eigenvalue weighted by Crippen LogP contribution is -2.29. The van der Waals surface area contributed by atoms with E-state index in [0.717, 1.165) is 0 Å². The van der Waals surface area contributed by atoms with E-state index in [-0.39, 0.29) is 23.3 Å². The summed E-state index contributed by atoms with van der Waals surface area (Å²) < 4.78 is 6.81. The first-order chi connectivity index (χ1) is 8.13. The Labute approximate surface area is 97.9 Å². The van der Waals surface area contributed by atoms with Crippen molar-refractivity contribution in [1.29, 1.82) is 5.26 Å². The van der Waals surface area contributed by atoms with Crippen LogP contribution in [0.25, 0.3) is 0 Å². The van der Waals surface area contributed by atoms with Crippen molar-refractivity contribution in [2.75, 3.05) is 18.9 Å². The normalized spacial score (nSPS) is 24.2. The molecule has 1 unspecified atom stereocenters. The summed E-state index contributed by atoms with van der Waals surface area (Å²) in [5, 5.41) is 13.1. The van der Waals surface area contributed by atoms with Gasteiger partial charge in [-0.15, -0.1) is 0 Å². The maximum Gasteiger partial charge on any atom is 0.254 e. The molecule has 1 saturated heterocycles. The summed E-state index contributed by atoms with van der Waals surface area (Å²) in [5.41, 5.74) is 10.9. The van der Waals surface area contributed by atoms with E-state index in [1.165, 1.54) is 10.9 Å². The molecule has 1 aromatic heterocycles. The van der Waals surface area contributed by atoms with Crippen molar-refractivity contribution in [2.45, 2.75) is 12.5 Å². The first-order valence-electron chi connectivity index (χ1n) is 5.25. The summed E-state index contributed by atoms with van der Waals surface area (Å²) in [7, 11) is 0. The molecular weight excluding hydrogens is 222 g/mol. The van der Waals surface area contributed by atoms with Gasteiger partial charge in [0.25, 0.3) is 5.91 Å². The zero-order valence-corrected chi connectivity index (χ0v) is 9.17. The third-order valence-corrected chi connectivity index (χ3v) is 2.86. The molecule has 0 radical (unpaired) electrons. The van der Waals surface area contributed by atoms with Crippen LogP contribution in [0.1, 0.15) is 22.8 Å². The summed E-state index contributed by atoms with van der Waals surface area (Å²) in [4.78, 5) is 11.1. The van der Waals surface area contributed by atoms with Crippen LogP contribution >= 0.6 is 0 Å². The van der Waals surface area contributed by atoms with Crippen LogP contribution in [0.2, 0.25) is 0 Å². The van der Waals surface area contributed by atoms with Crippen LogP contribution in [0, 0.1) is 17.2 Å². The van der Waals surface area contributed by atoms with Gasteiger partial charge in [-0.2, -0.15) is 10.4 Å². The average Bonchev–Trinajstić information content (AvgIpc) is 2.71. The summed E-state index contributed by atoms with van der Waals surface area (Å²) >= 11 is 0. The van der Waals surface area contributed by atoms with Crippen molar-refractivity contribution in [2.24, 2.45) is 11.7 Å². The predicted octanol–water partition coefficient (Wildman–Crippen LogP) is -0.335. The zero-order chi connectivity index (χ0) is 12.4. The van der Waals surface area contributed by atoms with Crippen molar-refractivity contribution in [3.63, 3.8) is 0 Å². The number of rotatable bonds is 2. The van der Waals surface area contributed by atoms with Gasteiger partial charge in [-0.05, 0) is 6.42 Å². The molecule has 0 aromatic carbocycles. The number of nitrogen functional groups attached to an aromatic ring is 1. The SMILES string of the molecule is N#CC1CCOC[C@@H]1n1cc(C(N)=O)c(N)n1. The standard InChI is InChI=1S/C10H13N5O2/c11-3-6-1-2-17-5-8(6)15-4-7(10(13)16)9(12)14-15/h4,6,8H,1-2,5H2,(H2,12,14)(H2,13,16)/t6?,8-/m0/s1. The number of hydrogen-bond acceptors (Lipinski definition) is 5. The lowest BCUT2D eigenvalue weighted by atomic mass is 9.97. The Morgan fingerprint density at radius 3 is 3.06 bits per heavy atom. The molecule has 4 N–H and O–H groups in total. The summed E-state index contributed by atoms with van der Waals surface area (Å²) in [6.07, 6.45) is 2.12. The minimum atomic E-state index is -0.626. The number of carbonyl (C=O) groups excluding carboxylic acids is 1. The van der Waals surface area contributed by atoms with E-state index < -0.39 is 5.91 Å². The molecule has 90 valence electrons. The Bertz CT molecular complexity index is 476. The number of aromatic nitrogens is 2. The molecule has 1 fully saturated rings. The average molecular weight is 235 g/mol. The van der Waals surface area contributed by atoms with E-state index >= 15 is 0 Å². The van der Waals surface area contributed by atoms with Crippen molar-refractivity contribution in [1.82, 2.24) is 9.78 Å². The molecule has 0 bridgehead atoms. The Hall–Kier alpha value is -2.07. The van der Waals surface area contributed by atoms with E-state index in [1.54, 1.807) is 0 Å². The largest absolute Gasteiger partial charge is 0.382 e. The number of amides is 1. The molecule has 1 aliphatic rings. The second kappa shape index (κ2) is 4.43. The second-order valence-electron chi connectivity index (χ2n) is 3.94. The monoisotopic (exact) mass is 235 g/mol. The van der Waals surface area contributed by atoms with Gasteiger partial charge in [0.2, 0.25) is 0 Å². The summed E-state index contributed by atoms with van der Waals surface area (Å²) in [6, 6.07) is 1.99. The predicted molar refractivity (Wildman–Crippen MR) is 58.7 cm³/mol. The van der Waals surface area contributed by atoms with Gasteiger partial charge in [0.05, 0.1) is 24.6 Å². The van der Waals surface area contributed by atoms with Gasteiger partial charge in [0, 0.05) is 12.8 Å². The lowest BCUT2D eigenvalue weighted by molar-refractivity contribution is 0.0342. The quantitative estimate of drug-likeness (QED) is 0.726. The smallest absolute Gasteiger partial charge is 0.254 e. The minimum absolute atomic E-state index is 0.0831. The van der Waals surface area contributed by atoms with E-state index in [1.807, 2.05) is 0 Å². The summed E-state index contributed by atoms with van der Waals surface area (Å²) in [6.45, 7) is 0.950. The van der Waals surface area contributed by atoms with E-state index in [9.17, 15) is 4.79 Å². The number of hydrogen-bond donors (Lipinski definition) is 2. The Morgan fingerprint density at radius 2 is 2.47 bits per heavy atom. The molecule has 2 atom stereocenters. The van der Waals surface area contributed by atoms with E-state index in [2.05, 4.69) is 11.2 Å². The van der Waals surface area contributed by atoms with Crippen molar-refractivity contribution in [3.05, 3.63) is 11.8 Å². The van der Waals surface area contributed by atoms with Gasteiger partial charge < -0.3 is 16.2 Å². The highest BCUT2D eigenvalue weighted by molar-refractivity contribution is 5.96. The van der Waals surface area contributed by atoms with Crippen LogP contribution < -0.4 is 11.5 Å². The van der Waals surface area contributed by atoms with Gasteiger partial charge in [-0.25, -0.2) is 0 Å². The fourth-order valence-corrected chi connectivity index (χ4v) is 1.90. The molecule has 7 heteroatoms. The molecule has 2 rings (SSSR count). The second-order valence-corrected chi connectivity index (χ2v) is 3.94. The van der Waals surface area contributed by atoms with Crippen LogP contribution in [0.3, 0.4) is 0 Å². The highest BCUT2D eigenvalue weighted by atomic mass is 16.5. The highest BCUT2D eigenvalue weighted by Gasteiger charge is 2.29. The number of carbonyl (C=O) groups is 1. The maximum atomic E-state index is 11.1. The molecule has 2 heterocycles. The summed E-state index contributed by atoms with van der Waals surface area (Å²) in [5.74, 6) is -0.734. The van der Waals surface area contributed by atoms with Crippen LogP contribution in [-0.2, 0) is 4.74 Å².